The predicted octanol–water partition coefficient (Wildman–Crippen LogP) is 5.36. The fourth-order valence-corrected chi connectivity index (χ4v) is 4.87. The van der Waals surface area contributed by atoms with Crippen LogP contribution in [0.2, 0.25) is 0 Å². The van der Waals surface area contributed by atoms with Crippen LogP contribution < -0.4 is 0 Å². The van der Waals surface area contributed by atoms with Gasteiger partial charge in [0, 0.05) is 0 Å². The largest absolute Gasteiger partial charge is 0.465 e. The Labute approximate surface area is 156 Å². The molecule has 0 aromatic heterocycles. The van der Waals surface area contributed by atoms with Crippen LogP contribution in [-0.4, -0.2) is 26.2 Å². The Kier molecular flexibility index (Phi) is 6.33. The molecule has 0 atom stereocenters. The summed E-state index contributed by atoms with van der Waals surface area (Å²) in [6.45, 7) is 0. The summed E-state index contributed by atoms with van der Waals surface area (Å²) in [5, 5.41) is 0. The normalized spacial score (nSPS) is 19.2. The highest BCUT2D eigenvalue weighted by atomic mass is 16.5. The van der Waals surface area contributed by atoms with Gasteiger partial charge in [-0.3, -0.25) is 0 Å². The van der Waals surface area contributed by atoms with Gasteiger partial charge >= 0.3 is 11.9 Å². The van der Waals surface area contributed by atoms with Crippen LogP contribution in [0, 0.1) is 0 Å². The first kappa shape index (κ1) is 18.9. The van der Waals surface area contributed by atoms with Crippen LogP contribution >= 0.6 is 0 Å². The first-order valence-electron chi connectivity index (χ1n) is 10.0. The maximum atomic E-state index is 12.5. The maximum Gasteiger partial charge on any atom is 0.338 e. The summed E-state index contributed by atoms with van der Waals surface area (Å²) in [5.41, 5.74) is 3.44. The fraction of sp³-hybridized carbons (Fsp3) is 0.636. The van der Waals surface area contributed by atoms with Crippen LogP contribution in [0.1, 0.15) is 108 Å². The SMILES string of the molecule is COC(=O)c1ccc(C(=O)OC)c(C2CCCCC2)c1C1CCCCC1. The Balaban J connectivity index is 2.18. The van der Waals surface area contributed by atoms with E-state index in [0.29, 0.717) is 23.0 Å². The zero-order valence-electron chi connectivity index (χ0n) is 16.0. The number of hydrogen-bond acceptors (Lipinski definition) is 4. The lowest BCUT2D eigenvalue weighted by atomic mass is 9.72. The molecule has 3 rings (SSSR count). The van der Waals surface area contributed by atoms with Gasteiger partial charge in [-0.15, -0.1) is 0 Å². The highest BCUT2D eigenvalue weighted by Gasteiger charge is 2.32. The summed E-state index contributed by atoms with van der Waals surface area (Å²) in [6.07, 6.45) is 11.5. The molecular weight excluding hydrogens is 328 g/mol. The molecular formula is C22H30O4. The summed E-state index contributed by atoms with van der Waals surface area (Å²) in [7, 11) is 2.86. The van der Waals surface area contributed by atoms with Crippen LogP contribution in [0.3, 0.4) is 0 Å². The third-order valence-electron chi connectivity index (χ3n) is 6.12. The standard InChI is InChI=1S/C22H30O4/c1-25-21(23)17-13-14-18(22(24)26-2)20(16-11-7-4-8-12-16)19(17)15-9-5-3-6-10-15/h13-16H,3-12H2,1-2H3. The van der Waals surface area contributed by atoms with Crippen LogP contribution in [-0.2, 0) is 9.47 Å². The molecule has 0 amide bonds. The van der Waals surface area contributed by atoms with Crippen molar-refractivity contribution >= 4 is 11.9 Å². The van der Waals surface area contributed by atoms with E-state index in [4.69, 9.17) is 9.47 Å². The van der Waals surface area contributed by atoms with Crippen molar-refractivity contribution in [3.8, 4) is 0 Å². The highest BCUT2D eigenvalue weighted by Crippen LogP contribution is 2.44. The van der Waals surface area contributed by atoms with Crippen molar-refractivity contribution in [2.24, 2.45) is 0 Å². The van der Waals surface area contributed by atoms with Gasteiger partial charge in [0.15, 0.2) is 0 Å². The number of carbonyl (C=O) groups excluding carboxylic acids is 2. The van der Waals surface area contributed by atoms with Gasteiger partial charge in [0.2, 0.25) is 0 Å². The molecule has 0 aliphatic heterocycles. The highest BCUT2D eigenvalue weighted by molar-refractivity contribution is 5.97. The molecule has 0 bridgehead atoms. The molecule has 2 aliphatic rings. The van der Waals surface area contributed by atoms with Gasteiger partial charge in [-0.05, 0) is 60.8 Å². The molecule has 0 heterocycles. The lowest BCUT2D eigenvalue weighted by Crippen LogP contribution is -2.21. The number of ether oxygens (including phenoxy) is 2. The van der Waals surface area contributed by atoms with Crippen molar-refractivity contribution in [2.75, 3.05) is 14.2 Å². The second kappa shape index (κ2) is 8.70. The number of benzene rings is 1. The molecule has 0 saturated heterocycles. The van der Waals surface area contributed by atoms with Crippen LogP contribution in [0.4, 0.5) is 0 Å². The molecule has 26 heavy (non-hydrogen) atoms. The van der Waals surface area contributed by atoms with E-state index in [0.717, 1.165) is 36.8 Å². The van der Waals surface area contributed by atoms with Gasteiger partial charge in [0.05, 0.1) is 25.3 Å². The summed E-state index contributed by atoms with van der Waals surface area (Å²) in [6, 6.07) is 3.54. The summed E-state index contributed by atoms with van der Waals surface area (Å²) >= 11 is 0. The van der Waals surface area contributed by atoms with Crippen LogP contribution in [0.15, 0.2) is 12.1 Å². The van der Waals surface area contributed by atoms with Gasteiger partial charge in [-0.25, -0.2) is 9.59 Å². The Bertz CT molecular complexity index is 595. The fourth-order valence-electron chi connectivity index (χ4n) is 4.87. The average Bonchev–Trinajstić information content (AvgIpc) is 2.72. The zero-order valence-corrected chi connectivity index (χ0v) is 16.0. The Morgan fingerprint density at radius 3 is 1.35 bits per heavy atom. The Hall–Kier alpha value is -1.84. The third-order valence-corrected chi connectivity index (χ3v) is 6.12. The van der Waals surface area contributed by atoms with Crippen LogP contribution in [0.5, 0.6) is 0 Å². The van der Waals surface area contributed by atoms with Gasteiger partial charge in [-0.2, -0.15) is 0 Å². The van der Waals surface area contributed by atoms with E-state index < -0.39 is 0 Å². The van der Waals surface area contributed by atoms with E-state index in [1.807, 2.05) is 0 Å². The minimum atomic E-state index is -0.293. The third kappa shape index (κ3) is 3.79. The Morgan fingerprint density at radius 1 is 0.692 bits per heavy atom. The van der Waals surface area contributed by atoms with Crippen LogP contribution in [0.25, 0.3) is 0 Å². The van der Waals surface area contributed by atoms with Crippen molar-refractivity contribution in [2.45, 2.75) is 76.0 Å². The summed E-state index contributed by atoms with van der Waals surface area (Å²) in [5.74, 6) is 0.0804. The van der Waals surface area contributed by atoms with Crippen molar-refractivity contribution in [3.63, 3.8) is 0 Å². The number of rotatable bonds is 4. The van der Waals surface area contributed by atoms with E-state index in [9.17, 15) is 9.59 Å². The molecule has 142 valence electrons. The summed E-state index contributed by atoms with van der Waals surface area (Å²) < 4.78 is 10.2. The number of hydrogen-bond donors (Lipinski definition) is 0. The molecule has 4 heteroatoms. The predicted molar refractivity (Wildman–Crippen MR) is 101 cm³/mol. The minimum absolute atomic E-state index is 0.293. The number of carbonyl (C=O) groups is 2. The van der Waals surface area contributed by atoms with Crippen molar-refractivity contribution in [3.05, 3.63) is 34.4 Å². The van der Waals surface area contributed by atoms with Crippen molar-refractivity contribution < 1.29 is 19.1 Å². The molecule has 0 N–H and O–H groups in total. The quantitative estimate of drug-likeness (QED) is 0.680. The van der Waals surface area contributed by atoms with E-state index in [2.05, 4.69) is 0 Å². The van der Waals surface area contributed by atoms with E-state index >= 15 is 0 Å². The average molecular weight is 358 g/mol. The number of esters is 2. The first-order chi connectivity index (χ1) is 12.7. The van der Waals surface area contributed by atoms with Gasteiger partial charge in [-0.1, -0.05) is 38.5 Å². The second-order valence-electron chi connectivity index (χ2n) is 7.64. The molecule has 4 nitrogen and oxygen atoms in total. The first-order valence-corrected chi connectivity index (χ1v) is 10.0. The smallest absolute Gasteiger partial charge is 0.338 e. The van der Waals surface area contributed by atoms with E-state index in [1.165, 1.54) is 52.7 Å². The maximum absolute atomic E-state index is 12.5. The lowest BCUT2D eigenvalue weighted by molar-refractivity contribution is 0.0583. The topological polar surface area (TPSA) is 52.6 Å². The van der Waals surface area contributed by atoms with Crippen molar-refractivity contribution in [1.29, 1.82) is 0 Å². The van der Waals surface area contributed by atoms with Crippen molar-refractivity contribution in [1.82, 2.24) is 0 Å². The van der Waals surface area contributed by atoms with E-state index in [-0.39, 0.29) is 11.9 Å². The molecule has 0 radical (unpaired) electrons. The molecule has 1 aromatic carbocycles. The molecule has 1 aromatic rings. The molecule has 2 aliphatic carbocycles. The van der Waals surface area contributed by atoms with Gasteiger partial charge in [0.1, 0.15) is 0 Å². The van der Waals surface area contributed by atoms with E-state index in [1.54, 1.807) is 12.1 Å². The number of methoxy groups -OCH3 is 2. The molecule has 0 unspecified atom stereocenters. The molecule has 0 spiro atoms. The summed E-state index contributed by atoms with van der Waals surface area (Å²) in [4.78, 5) is 25.0. The molecule has 2 fully saturated rings. The molecule has 2 saturated carbocycles. The second-order valence-corrected chi connectivity index (χ2v) is 7.64. The minimum Gasteiger partial charge on any atom is -0.465 e. The lowest BCUT2D eigenvalue weighted by Gasteiger charge is -2.32. The van der Waals surface area contributed by atoms with Gasteiger partial charge in [0.25, 0.3) is 0 Å². The monoisotopic (exact) mass is 358 g/mol. The zero-order chi connectivity index (χ0) is 18.5. The Morgan fingerprint density at radius 2 is 1.04 bits per heavy atom. The van der Waals surface area contributed by atoms with Gasteiger partial charge < -0.3 is 9.47 Å².